The van der Waals surface area contributed by atoms with Crippen molar-refractivity contribution in [1.82, 2.24) is 0 Å². The van der Waals surface area contributed by atoms with Crippen molar-refractivity contribution in [2.75, 3.05) is 4.90 Å². The first-order chi connectivity index (χ1) is 25.3. The lowest BCUT2D eigenvalue weighted by Crippen LogP contribution is -2.10. The highest BCUT2D eigenvalue weighted by Crippen LogP contribution is 2.46. The molecule has 2 aromatic heterocycles. The van der Waals surface area contributed by atoms with Gasteiger partial charge in [-0.05, 0) is 94.0 Å². The second kappa shape index (κ2) is 12.2. The molecule has 51 heavy (non-hydrogen) atoms. The Bertz CT molecular complexity index is 2830. The predicted octanol–water partition coefficient (Wildman–Crippen LogP) is 14.4. The summed E-state index contributed by atoms with van der Waals surface area (Å²) in [6.07, 6.45) is 0. The first-order valence-electron chi connectivity index (χ1n) is 17.3. The van der Waals surface area contributed by atoms with Crippen molar-refractivity contribution in [2.24, 2.45) is 0 Å². The molecule has 10 aromatic rings. The van der Waals surface area contributed by atoms with Gasteiger partial charge in [0.15, 0.2) is 0 Å². The minimum atomic E-state index is 0.925. The molecule has 0 bridgehead atoms. The number of rotatable bonds is 6. The van der Waals surface area contributed by atoms with Crippen LogP contribution in [0.25, 0.3) is 75.5 Å². The molecule has 0 aliphatic carbocycles. The summed E-state index contributed by atoms with van der Waals surface area (Å²) in [4.78, 5) is 2.35. The summed E-state index contributed by atoms with van der Waals surface area (Å²) >= 11 is 1.83. The zero-order valence-electron chi connectivity index (χ0n) is 27.7. The molecular weight excluding hydrogens is 639 g/mol. The molecule has 0 fully saturated rings. The average Bonchev–Trinajstić information content (AvgIpc) is 3.78. The molecule has 0 spiro atoms. The van der Waals surface area contributed by atoms with Crippen molar-refractivity contribution in [3.05, 3.63) is 188 Å². The third kappa shape index (κ3) is 5.10. The Kier molecular flexibility index (Phi) is 7.04. The van der Waals surface area contributed by atoms with Crippen LogP contribution in [-0.2, 0) is 0 Å². The van der Waals surface area contributed by atoms with Crippen molar-refractivity contribution in [3.8, 4) is 33.4 Å². The van der Waals surface area contributed by atoms with Crippen molar-refractivity contribution in [3.63, 3.8) is 0 Å². The van der Waals surface area contributed by atoms with E-state index in [1.165, 1.54) is 53.6 Å². The van der Waals surface area contributed by atoms with Gasteiger partial charge in [0, 0.05) is 48.0 Å². The zero-order valence-corrected chi connectivity index (χ0v) is 28.5. The van der Waals surface area contributed by atoms with E-state index < -0.39 is 0 Å². The molecule has 8 aromatic carbocycles. The van der Waals surface area contributed by atoms with Gasteiger partial charge < -0.3 is 9.32 Å². The lowest BCUT2D eigenvalue weighted by Gasteiger charge is -2.26. The average molecular weight is 670 g/mol. The number of hydrogen-bond acceptors (Lipinski definition) is 3. The number of benzene rings is 8. The van der Waals surface area contributed by atoms with Gasteiger partial charge in [-0.15, -0.1) is 11.3 Å². The van der Waals surface area contributed by atoms with Gasteiger partial charge in [0.1, 0.15) is 11.2 Å². The second-order valence-electron chi connectivity index (χ2n) is 12.9. The number of anilines is 3. The minimum absolute atomic E-state index is 0.925. The first-order valence-corrected chi connectivity index (χ1v) is 18.1. The van der Waals surface area contributed by atoms with Crippen LogP contribution in [0.2, 0.25) is 0 Å². The van der Waals surface area contributed by atoms with Crippen LogP contribution >= 0.6 is 11.3 Å². The summed E-state index contributed by atoms with van der Waals surface area (Å²) in [6, 6.07) is 67.3. The van der Waals surface area contributed by atoms with Gasteiger partial charge in [0.2, 0.25) is 0 Å². The quantitative estimate of drug-likeness (QED) is 0.175. The van der Waals surface area contributed by atoms with Crippen LogP contribution in [0.1, 0.15) is 0 Å². The maximum absolute atomic E-state index is 6.55. The number of fused-ring (bicyclic) bond motifs is 7. The molecule has 0 aliphatic rings. The van der Waals surface area contributed by atoms with Crippen molar-refractivity contribution in [2.45, 2.75) is 0 Å². The Morgan fingerprint density at radius 2 is 0.961 bits per heavy atom. The van der Waals surface area contributed by atoms with Crippen LogP contribution in [0.3, 0.4) is 0 Å². The van der Waals surface area contributed by atoms with E-state index in [9.17, 15) is 0 Å². The molecule has 10 rings (SSSR count). The number of thiophene rings is 1. The Morgan fingerprint density at radius 1 is 0.373 bits per heavy atom. The van der Waals surface area contributed by atoms with E-state index in [0.717, 1.165) is 39.0 Å². The van der Waals surface area contributed by atoms with Gasteiger partial charge in [-0.25, -0.2) is 0 Å². The Morgan fingerprint density at radius 3 is 1.71 bits per heavy atom. The van der Waals surface area contributed by atoms with Crippen LogP contribution in [0.4, 0.5) is 17.1 Å². The fourth-order valence-electron chi connectivity index (χ4n) is 7.45. The molecule has 0 N–H and O–H groups in total. The monoisotopic (exact) mass is 669 g/mol. The Labute approximate surface area is 300 Å². The number of nitrogens with zero attached hydrogens (tertiary/aromatic N) is 1. The van der Waals surface area contributed by atoms with Gasteiger partial charge in [-0.2, -0.15) is 0 Å². The third-order valence-electron chi connectivity index (χ3n) is 9.89. The van der Waals surface area contributed by atoms with Gasteiger partial charge in [-0.3, -0.25) is 0 Å². The predicted molar refractivity (Wildman–Crippen MR) is 218 cm³/mol. The molecule has 2 heterocycles. The minimum Gasteiger partial charge on any atom is -0.455 e. The SMILES string of the molecule is c1ccc(-c2ccc(N(c3ccc(-c4cccc5sc6ccc7c8ccccc8oc7c6c45)cc3)c3cccc(-c4ccccc4)c3)cc2)cc1. The normalized spacial score (nSPS) is 11.5. The maximum Gasteiger partial charge on any atom is 0.144 e. The van der Waals surface area contributed by atoms with E-state index >= 15 is 0 Å². The van der Waals surface area contributed by atoms with Gasteiger partial charge in [-0.1, -0.05) is 127 Å². The topological polar surface area (TPSA) is 16.4 Å². The smallest absolute Gasteiger partial charge is 0.144 e. The summed E-state index contributed by atoms with van der Waals surface area (Å²) < 4.78 is 9.05. The van der Waals surface area contributed by atoms with Crippen molar-refractivity contribution >= 4 is 70.5 Å². The summed E-state index contributed by atoms with van der Waals surface area (Å²) in [5, 5.41) is 4.76. The highest BCUT2D eigenvalue weighted by Gasteiger charge is 2.19. The molecule has 0 radical (unpaired) electrons. The van der Waals surface area contributed by atoms with Crippen LogP contribution in [0.5, 0.6) is 0 Å². The second-order valence-corrected chi connectivity index (χ2v) is 14.0. The van der Waals surface area contributed by atoms with Crippen molar-refractivity contribution < 1.29 is 4.42 Å². The van der Waals surface area contributed by atoms with E-state index in [-0.39, 0.29) is 0 Å². The van der Waals surface area contributed by atoms with E-state index in [0.29, 0.717) is 0 Å². The van der Waals surface area contributed by atoms with E-state index in [4.69, 9.17) is 4.42 Å². The van der Waals surface area contributed by atoms with E-state index in [1.54, 1.807) is 0 Å². The van der Waals surface area contributed by atoms with E-state index in [2.05, 4.69) is 187 Å². The fraction of sp³-hybridized carbons (Fsp3) is 0. The van der Waals surface area contributed by atoms with E-state index in [1.807, 2.05) is 17.4 Å². The number of para-hydroxylation sites is 1. The lowest BCUT2D eigenvalue weighted by molar-refractivity contribution is 0.673. The molecule has 2 nitrogen and oxygen atoms in total. The highest BCUT2D eigenvalue weighted by molar-refractivity contribution is 7.26. The third-order valence-corrected chi connectivity index (χ3v) is 11.0. The Hall–Kier alpha value is -6.42. The van der Waals surface area contributed by atoms with Gasteiger partial charge in [0.25, 0.3) is 0 Å². The van der Waals surface area contributed by atoms with Crippen LogP contribution < -0.4 is 4.90 Å². The molecule has 0 saturated heterocycles. The standard InChI is InChI=1S/C48H31NOS/c1-3-11-32(12-4-1)34-21-25-37(26-22-34)49(39-16-9-15-36(31-39)33-13-5-2-6-14-33)38-27-23-35(24-28-38)40-18-10-20-44-46(40)47-45(51-44)30-29-42-41-17-7-8-19-43(41)50-48(42)47/h1-31H. The summed E-state index contributed by atoms with van der Waals surface area (Å²) in [5.74, 6) is 0. The lowest BCUT2D eigenvalue weighted by atomic mass is 9.98. The molecule has 0 unspecified atom stereocenters. The molecule has 0 saturated carbocycles. The molecular formula is C48H31NOS. The van der Waals surface area contributed by atoms with Gasteiger partial charge in [0.05, 0.1) is 0 Å². The number of hydrogen-bond donors (Lipinski definition) is 0. The van der Waals surface area contributed by atoms with Crippen molar-refractivity contribution in [1.29, 1.82) is 0 Å². The summed E-state index contributed by atoms with van der Waals surface area (Å²) in [5.41, 5.74) is 12.4. The number of furan rings is 1. The maximum atomic E-state index is 6.55. The van der Waals surface area contributed by atoms with Crippen LogP contribution in [0, 0.1) is 0 Å². The fourth-order valence-corrected chi connectivity index (χ4v) is 8.58. The first kappa shape index (κ1) is 29.5. The highest BCUT2D eigenvalue weighted by atomic mass is 32.1. The summed E-state index contributed by atoms with van der Waals surface area (Å²) in [6.45, 7) is 0. The van der Waals surface area contributed by atoms with Crippen LogP contribution in [0.15, 0.2) is 192 Å². The molecule has 240 valence electrons. The Balaban J connectivity index is 1.10. The molecule has 0 atom stereocenters. The molecule has 0 amide bonds. The zero-order chi connectivity index (χ0) is 33.7. The summed E-state index contributed by atoms with van der Waals surface area (Å²) in [7, 11) is 0. The largest absolute Gasteiger partial charge is 0.455 e. The van der Waals surface area contributed by atoms with Crippen LogP contribution in [-0.4, -0.2) is 0 Å². The molecule has 0 aliphatic heterocycles. The molecule has 3 heteroatoms. The van der Waals surface area contributed by atoms with Gasteiger partial charge >= 0.3 is 0 Å².